The normalized spacial score (nSPS) is 25.7. The van der Waals surface area contributed by atoms with Gasteiger partial charge in [0.2, 0.25) is 5.95 Å². The molecule has 2 bridgehead atoms. The van der Waals surface area contributed by atoms with E-state index in [0.717, 1.165) is 18.5 Å². The lowest BCUT2D eigenvalue weighted by Crippen LogP contribution is -2.43. The van der Waals surface area contributed by atoms with Crippen LogP contribution in [-0.4, -0.2) is 33.6 Å². The molecule has 6 heteroatoms. The molecule has 0 spiro atoms. The van der Waals surface area contributed by atoms with Crippen molar-refractivity contribution in [1.29, 1.82) is 0 Å². The number of rotatable bonds is 3. The highest BCUT2D eigenvalue weighted by Crippen LogP contribution is 2.28. The van der Waals surface area contributed by atoms with Crippen molar-refractivity contribution in [3.8, 4) is 11.3 Å². The van der Waals surface area contributed by atoms with Crippen molar-refractivity contribution in [3.05, 3.63) is 42.1 Å². The molecule has 0 aromatic carbocycles. The van der Waals surface area contributed by atoms with Crippen molar-refractivity contribution in [2.45, 2.75) is 37.4 Å². The minimum absolute atomic E-state index is 0.0763. The summed E-state index contributed by atoms with van der Waals surface area (Å²) in [7, 11) is 1.82. The SMILES string of the molecule is Cn1c(C(=O)N[C@@H]2C[C@H]3CC[C@@H]2N3)ccc1-c1ccnc(F)c1. The van der Waals surface area contributed by atoms with Crippen molar-refractivity contribution >= 4 is 5.91 Å². The van der Waals surface area contributed by atoms with Crippen molar-refractivity contribution in [3.63, 3.8) is 0 Å². The molecule has 0 radical (unpaired) electrons. The van der Waals surface area contributed by atoms with E-state index in [9.17, 15) is 9.18 Å². The van der Waals surface area contributed by atoms with Crippen LogP contribution in [-0.2, 0) is 7.05 Å². The van der Waals surface area contributed by atoms with E-state index in [0.29, 0.717) is 23.3 Å². The Labute approximate surface area is 133 Å². The van der Waals surface area contributed by atoms with Gasteiger partial charge in [-0.15, -0.1) is 0 Å². The molecule has 2 aromatic heterocycles. The number of fused-ring (bicyclic) bond motifs is 2. The molecule has 23 heavy (non-hydrogen) atoms. The molecule has 2 aliphatic heterocycles. The Balaban J connectivity index is 1.54. The zero-order chi connectivity index (χ0) is 16.0. The molecule has 2 fully saturated rings. The summed E-state index contributed by atoms with van der Waals surface area (Å²) in [6.07, 6.45) is 4.77. The Morgan fingerprint density at radius 1 is 1.39 bits per heavy atom. The fourth-order valence-electron chi connectivity index (χ4n) is 3.82. The van der Waals surface area contributed by atoms with E-state index in [1.165, 1.54) is 18.7 Å². The number of nitrogens with one attached hydrogen (secondary N) is 2. The van der Waals surface area contributed by atoms with Crippen LogP contribution in [0.2, 0.25) is 0 Å². The molecule has 3 atom stereocenters. The summed E-state index contributed by atoms with van der Waals surface area (Å²) in [5, 5.41) is 6.65. The van der Waals surface area contributed by atoms with Crippen LogP contribution in [0.15, 0.2) is 30.5 Å². The molecule has 0 saturated carbocycles. The van der Waals surface area contributed by atoms with Gasteiger partial charge in [0.15, 0.2) is 0 Å². The first-order valence-electron chi connectivity index (χ1n) is 7.96. The van der Waals surface area contributed by atoms with Crippen LogP contribution < -0.4 is 10.6 Å². The molecule has 0 aliphatic carbocycles. The first-order valence-corrected chi connectivity index (χ1v) is 7.96. The highest BCUT2D eigenvalue weighted by atomic mass is 19.1. The Bertz CT molecular complexity index is 757. The third kappa shape index (κ3) is 2.53. The number of nitrogens with zero attached hydrogens (tertiary/aromatic N) is 2. The van der Waals surface area contributed by atoms with Gasteiger partial charge in [-0.25, -0.2) is 4.98 Å². The van der Waals surface area contributed by atoms with Gasteiger partial charge >= 0.3 is 0 Å². The molecule has 2 N–H and O–H groups in total. The maximum atomic E-state index is 13.3. The fourth-order valence-corrected chi connectivity index (χ4v) is 3.82. The first-order chi connectivity index (χ1) is 11.1. The smallest absolute Gasteiger partial charge is 0.268 e. The monoisotopic (exact) mass is 314 g/mol. The van der Waals surface area contributed by atoms with E-state index in [4.69, 9.17) is 0 Å². The summed E-state index contributed by atoms with van der Waals surface area (Å²) in [6, 6.07) is 7.88. The zero-order valence-corrected chi connectivity index (χ0v) is 12.9. The molecule has 2 aliphatic rings. The lowest BCUT2D eigenvalue weighted by molar-refractivity contribution is 0.0923. The maximum absolute atomic E-state index is 13.3. The summed E-state index contributed by atoms with van der Waals surface area (Å²) >= 11 is 0. The third-order valence-corrected chi connectivity index (χ3v) is 4.99. The number of carbonyl (C=O) groups is 1. The molecule has 4 heterocycles. The van der Waals surface area contributed by atoms with Gasteiger partial charge in [-0.3, -0.25) is 4.79 Å². The van der Waals surface area contributed by atoms with E-state index >= 15 is 0 Å². The van der Waals surface area contributed by atoms with Crippen molar-refractivity contribution in [2.24, 2.45) is 7.05 Å². The standard InChI is InChI=1S/C17H19FN4O/c1-22-14(10-6-7-19-16(18)8-10)4-5-15(22)17(23)21-13-9-11-2-3-12(13)20-11/h4-8,11-13,20H,2-3,9H2,1H3,(H,21,23)/t11-,12+,13-/m1/s1. The molecule has 2 aromatic rings. The van der Waals surface area contributed by atoms with E-state index < -0.39 is 5.95 Å². The average molecular weight is 314 g/mol. The molecule has 5 nitrogen and oxygen atoms in total. The van der Waals surface area contributed by atoms with Gasteiger partial charge in [0.05, 0.1) is 0 Å². The molecule has 1 amide bonds. The van der Waals surface area contributed by atoms with Gasteiger partial charge in [-0.2, -0.15) is 4.39 Å². The largest absolute Gasteiger partial charge is 0.346 e. The van der Waals surface area contributed by atoms with Crippen LogP contribution in [0.5, 0.6) is 0 Å². The van der Waals surface area contributed by atoms with Crippen LogP contribution in [0, 0.1) is 5.95 Å². The Kier molecular flexibility index (Phi) is 3.41. The highest BCUT2D eigenvalue weighted by molar-refractivity contribution is 5.94. The first kappa shape index (κ1) is 14.4. The number of aromatic nitrogens is 2. The second-order valence-electron chi connectivity index (χ2n) is 6.39. The molecule has 2 saturated heterocycles. The van der Waals surface area contributed by atoms with Crippen molar-refractivity contribution in [2.75, 3.05) is 0 Å². The molecular formula is C17H19FN4O. The Morgan fingerprint density at radius 2 is 2.26 bits per heavy atom. The minimum atomic E-state index is -0.525. The maximum Gasteiger partial charge on any atom is 0.268 e. The number of carbonyl (C=O) groups excluding carboxylic acids is 1. The topological polar surface area (TPSA) is 59.0 Å². The number of amides is 1. The van der Waals surface area contributed by atoms with Gasteiger partial charge in [-0.05, 0) is 37.5 Å². The van der Waals surface area contributed by atoms with E-state index in [1.807, 2.05) is 13.1 Å². The summed E-state index contributed by atoms with van der Waals surface area (Å²) in [5.41, 5.74) is 2.09. The predicted molar refractivity (Wildman–Crippen MR) is 84.4 cm³/mol. The van der Waals surface area contributed by atoms with Gasteiger partial charge in [-0.1, -0.05) is 0 Å². The predicted octanol–water partition coefficient (Wildman–Crippen LogP) is 1.85. The molecular weight excluding hydrogens is 295 g/mol. The fraction of sp³-hybridized carbons (Fsp3) is 0.412. The summed E-state index contributed by atoms with van der Waals surface area (Å²) in [6.45, 7) is 0. The van der Waals surface area contributed by atoms with Crippen molar-refractivity contribution < 1.29 is 9.18 Å². The van der Waals surface area contributed by atoms with Crippen molar-refractivity contribution in [1.82, 2.24) is 20.2 Å². The third-order valence-electron chi connectivity index (χ3n) is 4.99. The summed E-state index contributed by atoms with van der Waals surface area (Å²) < 4.78 is 15.1. The Hall–Kier alpha value is -2.21. The second-order valence-corrected chi connectivity index (χ2v) is 6.39. The van der Waals surface area contributed by atoms with Crippen LogP contribution in [0.1, 0.15) is 29.8 Å². The quantitative estimate of drug-likeness (QED) is 0.850. The summed E-state index contributed by atoms with van der Waals surface area (Å²) in [4.78, 5) is 16.1. The van der Waals surface area contributed by atoms with Crippen LogP contribution >= 0.6 is 0 Å². The van der Waals surface area contributed by atoms with Gasteiger partial charge in [0.25, 0.3) is 5.91 Å². The summed E-state index contributed by atoms with van der Waals surface area (Å²) in [5.74, 6) is -0.601. The number of halogens is 1. The second kappa shape index (κ2) is 5.45. The molecule has 4 rings (SSSR count). The number of pyridine rings is 1. The van der Waals surface area contributed by atoms with Crippen LogP contribution in [0.25, 0.3) is 11.3 Å². The van der Waals surface area contributed by atoms with Gasteiger partial charge in [0.1, 0.15) is 5.69 Å². The van der Waals surface area contributed by atoms with Crippen LogP contribution in [0.3, 0.4) is 0 Å². The van der Waals surface area contributed by atoms with Gasteiger partial charge < -0.3 is 15.2 Å². The zero-order valence-electron chi connectivity index (χ0n) is 12.9. The number of hydrogen-bond acceptors (Lipinski definition) is 3. The van der Waals surface area contributed by atoms with E-state index in [-0.39, 0.29) is 11.9 Å². The minimum Gasteiger partial charge on any atom is -0.346 e. The average Bonchev–Trinajstić information content (AvgIpc) is 3.22. The van der Waals surface area contributed by atoms with Gasteiger partial charge in [0, 0.05) is 48.7 Å². The number of hydrogen-bond donors (Lipinski definition) is 2. The lowest BCUT2D eigenvalue weighted by atomic mass is 9.95. The molecule has 120 valence electrons. The van der Waals surface area contributed by atoms with E-state index in [1.54, 1.807) is 16.7 Å². The lowest BCUT2D eigenvalue weighted by Gasteiger charge is -2.21. The highest BCUT2D eigenvalue weighted by Gasteiger charge is 2.39. The van der Waals surface area contributed by atoms with Crippen LogP contribution in [0.4, 0.5) is 4.39 Å². The van der Waals surface area contributed by atoms with E-state index in [2.05, 4.69) is 15.6 Å². The molecule has 0 unspecified atom stereocenters. The Morgan fingerprint density at radius 3 is 2.96 bits per heavy atom.